The van der Waals surface area contributed by atoms with Gasteiger partial charge in [-0.2, -0.15) is 0 Å². The molecular formula is C9H10ClNO4S2. The molecule has 1 amide bonds. The van der Waals surface area contributed by atoms with E-state index in [9.17, 15) is 13.2 Å². The summed E-state index contributed by atoms with van der Waals surface area (Å²) >= 11 is 0.931. The van der Waals surface area contributed by atoms with Crippen molar-refractivity contribution in [3.05, 3.63) is 17.0 Å². The number of thiophene rings is 1. The van der Waals surface area contributed by atoms with Crippen LogP contribution in [0.1, 0.15) is 16.8 Å². The Morgan fingerprint density at radius 3 is 2.88 bits per heavy atom. The maximum absolute atomic E-state index is 11.7. The minimum absolute atomic E-state index is 0.00143. The van der Waals surface area contributed by atoms with Gasteiger partial charge in [-0.05, 0) is 12.5 Å². The number of ether oxygens (including phenoxy) is 1. The summed E-state index contributed by atoms with van der Waals surface area (Å²) in [6, 6.07) is 1.27. The van der Waals surface area contributed by atoms with Crippen molar-refractivity contribution in [2.75, 3.05) is 13.2 Å². The fraction of sp³-hybridized carbons (Fsp3) is 0.444. The topological polar surface area (TPSA) is 72.5 Å². The molecule has 1 aromatic rings. The van der Waals surface area contributed by atoms with E-state index in [4.69, 9.17) is 15.4 Å². The predicted molar refractivity (Wildman–Crippen MR) is 64.0 cm³/mol. The normalized spacial score (nSPS) is 20.4. The lowest BCUT2D eigenvalue weighted by atomic mass is 10.2. The number of halogens is 1. The summed E-state index contributed by atoms with van der Waals surface area (Å²) < 4.78 is 27.2. The molecule has 0 bridgehead atoms. The Balaban J connectivity index is 2.07. The minimum atomic E-state index is -3.76. The Bertz CT molecular complexity index is 519. The molecule has 1 aliphatic rings. The lowest BCUT2D eigenvalue weighted by Gasteiger charge is -2.08. The Kier molecular flexibility index (Phi) is 3.72. The number of amides is 1. The van der Waals surface area contributed by atoms with Crippen molar-refractivity contribution in [1.29, 1.82) is 0 Å². The van der Waals surface area contributed by atoms with Gasteiger partial charge in [0.15, 0.2) is 0 Å². The van der Waals surface area contributed by atoms with Crippen LogP contribution in [0.2, 0.25) is 0 Å². The number of hydrogen-bond acceptors (Lipinski definition) is 5. The van der Waals surface area contributed by atoms with E-state index in [0.717, 1.165) is 17.8 Å². The van der Waals surface area contributed by atoms with Gasteiger partial charge in [-0.15, -0.1) is 11.3 Å². The summed E-state index contributed by atoms with van der Waals surface area (Å²) in [6.45, 7) is 1.13. The van der Waals surface area contributed by atoms with Gasteiger partial charge in [-0.1, -0.05) is 0 Å². The van der Waals surface area contributed by atoms with Crippen LogP contribution in [0.5, 0.6) is 0 Å². The van der Waals surface area contributed by atoms with Crippen LogP contribution in [0.3, 0.4) is 0 Å². The van der Waals surface area contributed by atoms with Crippen LogP contribution < -0.4 is 5.32 Å². The zero-order valence-corrected chi connectivity index (χ0v) is 11.1. The van der Waals surface area contributed by atoms with Crippen molar-refractivity contribution in [3.8, 4) is 0 Å². The lowest BCUT2D eigenvalue weighted by molar-refractivity contribution is 0.0930. The molecule has 2 heterocycles. The fourth-order valence-corrected chi connectivity index (χ4v) is 3.43. The third-order valence-electron chi connectivity index (χ3n) is 2.34. The first-order chi connectivity index (χ1) is 7.97. The first-order valence-corrected chi connectivity index (χ1v) is 8.07. The summed E-state index contributed by atoms with van der Waals surface area (Å²) in [6.07, 6.45) is 0.774. The maximum Gasteiger partial charge on any atom is 0.270 e. The van der Waals surface area contributed by atoms with Crippen LogP contribution in [0, 0.1) is 0 Å². The molecule has 17 heavy (non-hydrogen) atoms. The van der Waals surface area contributed by atoms with E-state index >= 15 is 0 Å². The molecule has 2 rings (SSSR count). The fourth-order valence-electron chi connectivity index (χ4n) is 1.48. The second-order valence-corrected chi connectivity index (χ2v) is 7.33. The van der Waals surface area contributed by atoms with Crippen LogP contribution in [0.15, 0.2) is 15.7 Å². The molecule has 1 saturated heterocycles. The van der Waals surface area contributed by atoms with Crippen LogP contribution in [0.4, 0.5) is 0 Å². The Labute approximate surface area is 107 Å². The smallest absolute Gasteiger partial charge is 0.270 e. The average molecular weight is 296 g/mol. The van der Waals surface area contributed by atoms with E-state index in [-0.39, 0.29) is 16.2 Å². The van der Waals surface area contributed by atoms with Gasteiger partial charge in [0, 0.05) is 22.7 Å². The SMILES string of the molecule is O=C(NC1CCOC1)c1csc(S(=O)(=O)Cl)c1. The molecule has 94 valence electrons. The first kappa shape index (κ1) is 12.8. The lowest BCUT2D eigenvalue weighted by Crippen LogP contribution is -2.34. The first-order valence-electron chi connectivity index (χ1n) is 4.88. The average Bonchev–Trinajstić information content (AvgIpc) is 2.85. The quantitative estimate of drug-likeness (QED) is 0.850. The molecular weight excluding hydrogens is 286 g/mol. The highest BCUT2D eigenvalue weighted by Crippen LogP contribution is 2.23. The highest BCUT2D eigenvalue weighted by atomic mass is 35.7. The van der Waals surface area contributed by atoms with E-state index in [1.54, 1.807) is 0 Å². The van der Waals surface area contributed by atoms with Gasteiger partial charge in [0.2, 0.25) is 0 Å². The predicted octanol–water partition coefficient (Wildman–Crippen LogP) is 1.19. The molecule has 0 aliphatic carbocycles. The van der Waals surface area contributed by atoms with Crippen LogP contribution in [-0.2, 0) is 13.8 Å². The molecule has 1 atom stereocenters. The molecule has 1 aliphatic heterocycles. The number of nitrogens with one attached hydrogen (secondary N) is 1. The van der Waals surface area contributed by atoms with Gasteiger partial charge in [0.1, 0.15) is 4.21 Å². The third kappa shape index (κ3) is 3.19. The second kappa shape index (κ2) is 4.93. The third-order valence-corrected chi connectivity index (χ3v) is 5.38. The van der Waals surface area contributed by atoms with Crippen molar-refractivity contribution in [2.45, 2.75) is 16.7 Å². The molecule has 1 unspecified atom stereocenters. The summed E-state index contributed by atoms with van der Waals surface area (Å²) in [4.78, 5) is 11.7. The van der Waals surface area contributed by atoms with E-state index in [1.807, 2.05) is 0 Å². The van der Waals surface area contributed by atoms with E-state index in [2.05, 4.69) is 5.32 Å². The van der Waals surface area contributed by atoms with Gasteiger partial charge in [0.25, 0.3) is 15.0 Å². The van der Waals surface area contributed by atoms with Crippen LogP contribution in [-0.4, -0.2) is 33.6 Å². The van der Waals surface area contributed by atoms with Crippen LogP contribution in [0.25, 0.3) is 0 Å². The summed E-state index contributed by atoms with van der Waals surface area (Å²) in [5, 5.41) is 4.24. The minimum Gasteiger partial charge on any atom is -0.379 e. The van der Waals surface area contributed by atoms with Crippen molar-refractivity contribution < 1.29 is 17.9 Å². The van der Waals surface area contributed by atoms with Gasteiger partial charge in [-0.3, -0.25) is 4.79 Å². The number of carbonyl (C=O) groups is 1. The number of rotatable bonds is 3. The highest BCUT2D eigenvalue weighted by molar-refractivity contribution is 8.15. The zero-order valence-electron chi connectivity index (χ0n) is 8.68. The monoisotopic (exact) mass is 295 g/mol. The highest BCUT2D eigenvalue weighted by Gasteiger charge is 2.21. The van der Waals surface area contributed by atoms with E-state index in [1.165, 1.54) is 11.4 Å². The van der Waals surface area contributed by atoms with Gasteiger partial charge >= 0.3 is 0 Å². The molecule has 8 heteroatoms. The molecule has 0 spiro atoms. The summed E-state index contributed by atoms with van der Waals surface area (Å²) in [5.74, 6) is -0.302. The zero-order chi connectivity index (χ0) is 12.5. The molecule has 5 nitrogen and oxygen atoms in total. The maximum atomic E-state index is 11.7. The van der Waals surface area contributed by atoms with Gasteiger partial charge in [-0.25, -0.2) is 8.42 Å². The van der Waals surface area contributed by atoms with E-state index in [0.29, 0.717) is 18.8 Å². The second-order valence-electron chi connectivity index (χ2n) is 3.63. The Hall–Kier alpha value is -0.630. The molecule has 0 aromatic carbocycles. The molecule has 1 fully saturated rings. The van der Waals surface area contributed by atoms with Crippen LogP contribution >= 0.6 is 22.0 Å². The van der Waals surface area contributed by atoms with E-state index < -0.39 is 9.05 Å². The van der Waals surface area contributed by atoms with Crippen molar-refractivity contribution >= 4 is 37.0 Å². The molecule has 1 aromatic heterocycles. The number of carbonyl (C=O) groups excluding carboxylic acids is 1. The van der Waals surface area contributed by atoms with Crippen molar-refractivity contribution in [3.63, 3.8) is 0 Å². The summed E-state index contributed by atoms with van der Waals surface area (Å²) in [5.41, 5.74) is 0.307. The Morgan fingerprint density at radius 2 is 2.35 bits per heavy atom. The van der Waals surface area contributed by atoms with Crippen molar-refractivity contribution in [2.24, 2.45) is 0 Å². The number of hydrogen-bond donors (Lipinski definition) is 1. The molecule has 0 radical (unpaired) electrons. The summed E-state index contributed by atoms with van der Waals surface area (Å²) in [7, 11) is 1.42. The Morgan fingerprint density at radius 1 is 1.59 bits per heavy atom. The van der Waals surface area contributed by atoms with Gasteiger partial charge in [0.05, 0.1) is 18.2 Å². The standard InChI is InChI=1S/C9H10ClNO4S2/c10-17(13,14)8-3-6(5-16-8)9(12)11-7-1-2-15-4-7/h3,5,7H,1-2,4H2,(H,11,12). The largest absolute Gasteiger partial charge is 0.379 e. The molecule has 0 saturated carbocycles. The molecule has 1 N–H and O–H groups in total. The van der Waals surface area contributed by atoms with Crippen molar-refractivity contribution in [1.82, 2.24) is 5.32 Å². The van der Waals surface area contributed by atoms with Gasteiger partial charge < -0.3 is 10.1 Å².